The van der Waals surface area contributed by atoms with Gasteiger partial charge in [0, 0.05) is 0 Å². The largest absolute Gasteiger partial charge is 0.129 e. The normalized spacial score (nSPS) is 11.2. The zero-order valence-corrected chi connectivity index (χ0v) is 15.3. The quantitative estimate of drug-likeness (QED) is 0.226. The SMILES string of the molecule is CCCCC=C=CC(C)(C)CCCCCCCCCCC. The lowest BCUT2D eigenvalue weighted by Gasteiger charge is -2.18. The Kier molecular flexibility index (Phi) is 14.1. The van der Waals surface area contributed by atoms with E-state index in [-0.39, 0.29) is 0 Å². The Labute approximate surface area is 135 Å². The van der Waals surface area contributed by atoms with Crippen LogP contribution in [-0.4, -0.2) is 0 Å². The van der Waals surface area contributed by atoms with E-state index in [0.29, 0.717) is 5.41 Å². The molecule has 0 unspecified atom stereocenters. The predicted octanol–water partition coefficient (Wildman–Crippen LogP) is 7.84. The molecule has 0 aromatic carbocycles. The standard InChI is InChI=1S/C21H40/c1-5-7-9-11-12-13-14-16-18-20-21(3,4)19-17-15-10-8-6-2/h15,19H,5-14,16,18,20H2,1-4H3. The van der Waals surface area contributed by atoms with Gasteiger partial charge in [0.1, 0.15) is 0 Å². The Morgan fingerprint density at radius 1 is 0.714 bits per heavy atom. The first-order valence-corrected chi connectivity index (χ1v) is 9.54. The van der Waals surface area contributed by atoms with Crippen molar-refractivity contribution in [2.75, 3.05) is 0 Å². The van der Waals surface area contributed by atoms with E-state index in [1.807, 2.05) is 0 Å². The molecule has 0 radical (unpaired) electrons. The van der Waals surface area contributed by atoms with Crippen LogP contribution in [0.4, 0.5) is 0 Å². The number of hydrogen-bond donors (Lipinski definition) is 0. The van der Waals surface area contributed by atoms with E-state index < -0.39 is 0 Å². The Morgan fingerprint density at radius 2 is 1.24 bits per heavy atom. The number of hydrogen-bond acceptors (Lipinski definition) is 0. The third-order valence-electron chi connectivity index (χ3n) is 4.22. The summed E-state index contributed by atoms with van der Waals surface area (Å²) in [5.74, 6) is 0. The van der Waals surface area contributed by atoms with Crippen molar-refractivity contribution in [3.05, 3.63) is 17.9 Å². The molecule has 0 rings (SSSR count). The molecular formula is C21H40. The molecule has 0 aliphatic rings. The minimum atomic E-state index is 0.323. The van der Waals surface area contributed by atoms with Crippen LogP contribution in [0.3, 0.4) is 0 Å². The topological polar surface area (TPSA) is 0 Å². The van der Waals surface area contributed by atoms with Crippen LogP contribution in [0, 0.1) is 5.41 Å². The zero-order chi connectivity index (χ0) is 15.8. The molecular weight excluding hydrogens is 252 g/mol. The highest BCUT2D eigenvalue weighted by molar-refractivity contribution is 4.95. The summed E-state index contributed by atoms with van der Waals surface area (Å²) in [5.41, 5.74) is 3.71. The second-order valence-electron chi connectivity index (χ2n) is 7.22. The van der Waals surface area contributed by atoms with E-state index in [1.165, 1.54) is 83.5 Å². The highest BCUT2D eigenvalue weighted by Gasteiger charge is 2.12. The Morgan fingerprint density at radius 3 is 1.81 bits per heavy atom. The third-order valence-corrected chi connectivity index (χ3v) is 4.22. The smallest absolute Gasteiger partial charge is 0.00992 e. The number of unbranched alkanes of at least 4 members (excludes halogenated alkanes) is 10. The summed E-state index contributed by atoms with van der Waals surface area (Å²) in [7, 11) is 0. The summed E-state index contributed by atoms with van der Waals surface area (Å²) in [5, 5.41) is 0. The fraction of sp³-hybridized carbons (Fsp3) is 0.857. The Balaban J connectivity index is 3.54. The fourth-order valence-electron chi connectivity index (χ4n) is 2.64. The molecule has 0 bridgehead atoms. The first-order chi connectivity index (χ1) is 10.1. The lowest BCUT2D eigenvalue weighted by Crippen LogP contribution is -2.06. The second-order valence-corrected chi connectivity index (χ2v) is 7.22. The van der Waals surface area contributed by atoms with Crippen LogP contribution in [0.5, 0.6) is 0 Å². The maximum absolute atomic E-state index is 3.39. The maximum atomic E-state index is 3.39. The van der Waals surface area contributed by atoms with Gasteiger partial charge in [-0.3, -0.25) is 0 Å². The highest BCUT2D eigenvalue weighted by Crippen LogP contribution is 2.25. The van der Waals surface area contributed by atoms with E-state index in [4.69, 9.17) is 0 Å². The van der Waals surface area contributed by atoms with Crippen LogP contribution in [-0.2, 0) is 0 Å². The molecule has 0 aromatic heterocycles. The molecule has 21 heavy (non-hydrogen) atoms. The molecule has 0 N–H and O–H groups in total. The van der Waals surface area contributed by atoms with Gasteiger partial charge in [-0.15, -0.1) is 5.73 Å². The van der Waals surface area contributed by atoms with Gasteiger partial charge < -0.3 is 0 Å². The maximum Gasteiger partial charge on any atom is -0.00992 e. The molecule has 0 atom stereocenters. The third kappa shape index (κ3) is 15.7. The second kappa shape index (κ2) is 14.5. The van der Waals surface area contributed by atoms with E-state index in [2.05, 4.69) is 45.6 Å². The molecule has 0 fully saturated rings. The lowest BCUT2D eigenvalue weighted by atomic mass is 9.86. The van der Waals surface area contributed by atoms with Crippen molar-refractivity contribution in [1.82, 2.24) is 0 Å². The van der Waals surface area contributed by atoms with Crippen molar-refractivity contribution in [3.8, 4) is 0 Å². The fourth-order valence-corrected chi connectivity index (χ4v) is 2.64. The number of allylic oxidation sites excluding steroid dienone is 1. The van der Waals surface area contributed by atoms with Crippen molar-refractivity contribution >= 4 is 0 Å². The summed E-state index contributed by atoms with van der Waals surface area (Å²) in [6.07, 6.45) is 22.3. The van der Waals surface area contributed by atoms with Crippen LogP contribution in [0.15, 0.2) is 17.9 Å². The molecule has 0 aliphatic heterocycles. The van der Waals surface area contributed by atoms with Gasteiger partial charge in [0.05, 0.1) is 0 Å². The number of rotatable bonds is 14. The van der Waals surface area contributed by atoms with Gasteiger partial charge in [0.2, 0.25) is 0 Å². The predicted molar refractivity (Wildman–Crippen MR) is 97.8 cm³/mol. The van der Waals surface area contributed by atoms with Gasteiger partial charge in [-0.05, 0) is 36.8 Å². The Bertz CT molecular complexity index is 266. The molecule has 0 aromatic rings. The molecule has 0 saturated carbocycles. The molecule has 0 amide bonds. The van der Waals surface area contributed by atoms with Gasteiger partial charge in [0.25, 0.3) is 0 Å². The average Bonchev–Trinajstić information content (AvgIpc) is 2.45. The van der Waals surface area contributed by atoms with E-state index in [0.717, 1.165) is 0 Å². The molecule has 0 spiro atoms. The highest BCUT2D eigenvalue weighted by atomic mass is 14.2. The lowest BCUT2D eigenvalue weighted by molar-refractivity contribution is 0.407. The molecule has 0 aliphatic carbocycles. The first-order valence-electron chi connectivity index (χ1n) is 9.54. The van der Waals surface area contributed by atoms with Gasteiger partial charge in [-0.2, -0.15) is 0 Å². The minimum Gasteiger partial charge on any atom is -0.129 e. The molecule has 0 saturated heterocycles. The van der Waals surface area contributed by atoms with Gasteiger partial charge >= 0.3 is 0 Å². The Hall–Kier alpha value is -0.480. The van der Waals surface area contributed by atoms with Crippen molar-refractivity contribution < 1.29 is 0 Å². The molecule has 0 heteroatoms. The van der Waals surface area contributed by atoms with Crippen molar-refractivity contribution in [3.63, 3.8) is 0 Å². The van der Waals surface area contributed by atoms with Crippen molar-refractivity contribution in [1.29, 1.82) is 0 Å². The monoisotopic (exact) mass is 292 g/mol. The summed E-state index contributed by atoms with van der Waals surface area (Å²) in [4.78, 5) is 0. The summed E-state index contributed by atoms with van der Waals surface area (Å²) in [6, 6.07) is 0. The minimum absolute atomic E-state index is 0.323. The van der Waals surface area contributed by atoms with Gasteiger partial charge in [-0.25, -0.2) is 0 Å². The van der Waals surface area contributed by atoms with E-state index in [9.17, 15) is 0 Å². The van der Waals surface area contributed by atoms with Crippen molar-refractivity contribution in [2.45, 2.75) is 111 Å². The van der Waals surface area contributed by atoms with E-state index >= 15 is 0 Å². The summed E-state index contributed by atoms with van der Waals surface area (Å²) in [6.45, 7) is 9.22. The summed E-state index contributed by atoms with van der Waals surface area (Å²) < 4.78 is 0. The summed E-state index contributed by atoms with van der Waals surface area (Å²) >= 11 is 0. The van der Waals surface area contributed by atoms with Gasteiger partial charge in [0.15, 0.2) is 0 Å². The van der Waals surface area contributed by atoms with Crippen LogP contribution < -0.4 is 0 Å². The van der Waals surface area contributed by atoms with Crippen LogP contribution >= 0.6 is 0 Å². The molecule has 0 heterocycles. The molecule has 0 nitrogen and oxygen atoms in total. The van der Waals surface area contributed by atoms with Gasteiger partial charge in [-0.1, -0.05) is 91.9 Å². The molecule has 124 valence electrons. The van der Waals surface area contributed by atoms with Crippen LogP contribution in [0.2, 0.25) is 0 Å². The zero-order valence-electron chi connectivity index (χ0n) is 15.3. The van der Waals surface area contributed by atoms with Crippen molar-refractivity contribution in [2.24, 2.45) is 5.41 Å². The average molecular weight is 293 g/mol. The van der Waals surface area contributed by atoms with Crippen LogP contribution in [0.1, 0.15) is 111 Å². The van der Waals surface area contributed by atoms with E-state index in [1.54, 1.807) is 0 Å². The van der Waals surface area contributed by atoms with Crippen LogP contribution in [0.25, 0.3) is 0 Å². The first kappa shape index (κ1) is 20.5.